The third-order valence-electron chi connectivity index (χ3n) is 18.5. The van der Waals surface area contributed by atoms with E-state index in [4.69, 9.17) is 37.0 Å². The third-order valence-corrected chi connectivity index (χ3v) is 20.4. The summed E-state index contributed by atoms with van der Waals surface area (Å²) < 4.78 is 68.6. The van der Waals surface area contributed by atoms with Crippen molar-refractivity contribution >= 4 is 39.5 Å². The maximum absolute atomic E-state index is 13.1. The summed E-state index contributed by atoms with van der Waals surface area (Å²) in [7, 11) is -9.91. The van der Waals surface area contributed by atoms with Crippen molar-refractivity contribution in [2.24, 2.45) is 5.92 Å². The van der Waals surface area contributed by atoms with Crippen LogP contribution in [0.2, 0.25) is 0 Å². The van der Waals surface area contributed by atoms with Crippen LogP contribution in [0.1, 0.15) is 420 Å². The van der Waals surface area contributed by atoms with Gasteiger partial charge in [-0.25, -0.2) is 9.13 Å². The molecule has 0 heterocycles. The number of unbranched alkanes of at least 4 members (excludes halogenated alkanes) is 51. The number of aliphatic hydroxyl groups excluding tert-OH is 1. The van der Waals surface area contributed by atoms with Crippen LogP contribution < -0.4 is 0 Å². The van der Waals surface area contributed by atoms with Crippen LogP contribution in [0, 0.1) is 5.92 Å². The van der Waals surface area contributed by atoms with Crippen molar-refractivity contribution in [1.29, 1.82) is 0 Å². The largest absolute Gasteiger partial charge is 0.472 e. The molecule has 0 saturated carbocycles. The maximum atomic E-state index is 13.1. The van der Waals surface area contributed by atoms with Crippen LogP contribution in [-0.2, 0) is 65.4 Å². The first kappa shape index (κ1) is 96.1. The second-order valence-electron chi connectivity index (χ2n) is 28.9. The summed E-state index contributed by atoms with van der Waals surface area (Å²) >= 11 is 0. The molecular weight excluding hydrogens is 1280 g/mol. The quantitative estimate of drug-likeness (QED) is 0.0222. The van der Waals surface area contributed by atoms with Gasteiger partial charge in [-0.05, 0) is 31.6 Å². The lowest BCUT2D eigenvalue weighted by atomic mass is 10.0. The predicted octanol–water partition coefficient (Wildman–Crippen LogP) is 23.6. The van der Waals surface area contributed by atoms with Gasteiger partial charge in [0.1, 0.15) is 19.3 Å². The Morgan fingerprint density at radius 1 is 0.276 bits per heavy atom. The highest BCUT2D eigenvalue weighted by molar-refractivity contribution is 7.47. The summed E-state index contributed by atoms with van der Waals surface area (Å²) in [6.07, 6.45) is 62.4. The minimum absolute atomic E-state index is 0.108. The van der Waals surface area contributed by atoms with Crippen LogP contribution in [-0.4, -0.2) is 96.7 Å². The van der Waals surface area contributed by atoms with E-state index in [0.717, 1.165) is 102 Å². The van der Waals surface area contributed by atoms with Crippen LogP contribution in [0.15, 0.2) is 0 Å². The minimum atomic E-state index is -4.96. The number of hydrogen-bond donors (Lipinski definition) is 3. The topological polar surface area (TPSA) is 237 Å². The molecule has 17 nitrogen and oxygen atoms in total. The molecule has 582 valence electrons. The molecule has 0 amide bonds. The average Bonchev–Trinajstić information content (AvgIpc) is 1.00. The lowest BCUT2D eigenvalue weighted by Crippen LogP contribution is -2.30. The Morgan fingerprint density at radius 3 is 0.694 bits per heavy atom. The van der Waals surface area contributed by atoms with E-state index in [9.17, 15) is 43.2 Å². The molecule has 98 heavy (non-hydrogen) atoms. The van der Waals surface area contributed by atoms with Crippen molar-refractivity contribution in [3.8, 4) is 0 Å². The fraction of sp³-hybridized carbons (Fsp3) is 0.949. The molecule has 0 aromatic heterocycles. The Morgan fingerprint density at radius 2 is 0.469 bits per heavy atom. The molecule has 0 aliphatic heterocycles. The van der Waals surface area contributed by atoms with Gasteiger partial charge < -0.3 is 33.8 Å². The van der Waals surface area contributed by atoms with Crippen LogP contribution in [0.5, 0.6) is 0 Å². The molecular formula is C79H154O17P2. The molecule has 0 bridgehead atoms. The van der Waals surface area contributed by atoms with Gasteiger partial charge in [-0.15, -0.1) is 0 Å². The summed E-state index contributed by atoms with van der Waals surface area (Å²) in [6, 6.07) is 0. The summed E-state index contributed by atoms with van der Waals surface area (Å²) in [4.78, 5) is 72.9. The van der Waals surface area contributed by atoms with Crippen LogP contribution >= 0.6 is 15.6 Å². The van der Waals surface area contributed by atoms with E-state index in [0.29, 0.717) is 25.7 Å². The Bertz CT molecular complexity index is 1870. The van der Waals surface area contributed by atoms with E-state index in [1.807, 2.05) is 0 Å². The number of phosphoric ester groups is 2. The van der Waals surface area contributed by atoms with Gasteiger partial charge in [0.15, 0.2) is 12.2 Å². The zero-order chi connectivity index (χ0) is 71.9. The Hall–Kier alpha value is -1.94. The molecule has 0 fully saturated rings. The normalized spacial score (nSPS) is 13.9. The van der Waals surface area contributed by atoms with Crippen LogP contribution in [0.3, 0.4) is 0 Å². The monoisotopic (exact) mass is 1440 g/mol. The molecule has 2 unspecified atom stereocenters. The smallest absolute Gasteiger partial charge is 0.462 e. The van der Waals surface area contributed by atoms with Crippen molar-refractivity contribution in [3.05, 3.63) is 0 Å². The minimum Gasteiger partial charge on any atom is -0.462 e. The summed E-state index contributed by atoms with van der Waals surface area (Å²) in [6.45, 7) is 7.33. The molecule has 0 aromatic carbocycles. The number of hydrogen-bond acceptors (Lipinski definition) is 15. The predicted molar refractivity (Wildman–Crippen MR) is 400 cm³/mol. The summed E-state index contributed by atoms with van der Waals surface area (Å²) in [5.41, 5.74) is 0. The summed E-state index contributed by atoms with van der Waals surface area (Å²) in [5.74, 6) is -1.30. The van der Waals surface area contributed by atoms with Crippen molar-refractivity contribution in [1.82, 2.24) is 0 Å². The number of ether oxygens (including phenoxy) is 4. The van der Waals surface area contributed by atoms with Gasteiger partial charge in [-0.2, -0.15) is 0 Å². The Kier molecular flexibility index (Phi) is 70.6. The van der Waals surface area contributed by atoms with E-state index in [1.54, 1.807) is 0 Å². The molecule has 0 aromatic rings. The van der Waals surface area contributed by atoms with Gasteiger partial charge in [0.25, 0.3) is 0 Å². The van der Waals surface area contributed by atoms with E-state index in [2.05, 4.69) is 34.6 Å². The van der Waals surface area contributed by atoms with Gasteiger partial charge in [-0.1, -0.05) is 369 Å². The van der Waals surface area contributed by atoms with Gasteiger partial charge in [0.2, 0.25) is 0 Å². The Labute approximate surface area is 600 Å². The molecule has 0 saturated heterocycles. The molecule has 0 rings (SSSR count). The highest BCUT2D eigenvalue weighted by Crippen LogP contribution is 2.45. The van der Waals surface area contributed by atoms with Crippen LogP contribution in [0.4, 0.5) is 0 Å². The second kappa shape index (κ2) is 72.0. The zero-order valence-corrected chi connectivity index (χ0v) is 65.7. The van der Waals surface area contributed by atoms with Crippen molar-refractivity contribution in [2.45, 2.75) is 438 Å². The van der Waals surface area contributed by atoms with Gasteiger partial charge >= 0.3 is 39.5 Å². The van der Waals surface area contributed by atoms with Gasteiger partial charge in [0, 0.05) is 25.7 Å². The summed E-state index contributed by atoms with van der Waals surface area (Å²) in [5, 5.41) is 10.6. The molecule has 0 aliphatic rings. The van der Waals surface area contributed by atoms with Crippen molar-refractivity contribution in [2.75, 3.05) is 39.6 Å². The lowest BCUT2D eigenvalue weighted by molar-refractivity contribution is -0.161. The van der Waals surface area contributed by atoms with E-state index in [1.165, 1.54) is 238 Å². The van der Waals surface area contributed by atoms with Gasteiger partial charge in [-0.3, -0.25) is 37.3 Å². The lowest BCUT2D eigenvalue weighted by Gasteiger charge is -2.21. The Balaban J connectivity index is 5.20. The molecule has 0 aliphatic carbocycles. The molecule has 5 atom stereocenters. The third kappa shape index (κ3) is 72.4. The highest BCUT2D eigenvalue weighted by Gasteiger charge is 2.30. The number of phosphoric acid groups is 2. The first-order valence-electron chi connectivity index (χ1n) is 41.1. The van der Waals surface area contributed by atoms with Crippen molar-refractivity contribution < 1.29 is 80.2 Å². The molecule has 0 spiro atoms. The zero-order valence-electron chi connectivity index (χ0n) is 63.9. The number of esters is 4. The number of aliphatic hydroxyl groups is 1. The molecule has 0 radical (unpaired) electrons. The number of carbonyl (C=O) groups is 4. The van der Waals surface area contributed by atoms with E-state index in [-0.39, 0.29) is 25.7 Å². The maximum Gasteiger partial charge on any atom is 0.472 e. The van der Waals surface area contributed by atoms with Gasteiger partial charge in [0.05, 0.1) is 26.4 Å². The van der Waals surface area contributed by atoms with E-state index >= 15 is 0 Å². The average molecular weight is 1440 g/mol. The van der Waals surface area contributed by atoms with E-state index < -0.39 is 97.5 Å². The second-order valence-corrected chi connectivity index (χ2v) is 31.8. The fourth-order valence-electron chi connectivity index (χ4n) is 12.2. The SMILES string of the molecule is CCCCCCCCCCCCCCCCCCCC(=O)OC[C@H](COP(=O)(O)OC[C@@H](O)COP(=O)(O)OC[C@@H](COC(=O)CCCCCCCCCC)OC(=O)CCCCCCCCCCCCCCCC)OC(=O)CCCCCCCCCCCCCCCCCCC(C)C. The molecule has 3 N–H and O–H groups in total. The first-order chi connectivity index (χ1) is 47.5. The fourth-order valence-corrected chi connectivity index (χ4v) is 13.8. The first-order valence-corrected chi connectivity index (χ1v) is 44.1. The van der Waals surface area contributed by atoms with Crippen LogP contribution in [0.25, 0.3) is 0 Å². The van der Waals surface area contributed by atoms with Crippen molar-refractivity contribution in [3.63, 3.8) is 0 Å². The molecule has 19 heteroatoms. The highest BCUT2D eigenvalue weighted by atomic mass is 31.2. The number of carbonyl (C=O) groups excluding carboxylic acids is 4. The number of rotatable bonds is 79. The standard InChI is InChI=1S/C79H154O17P2/c1-6-9-12-15-18-21-23-25-27-28-32-36-39-43-48-53-58-63-77(82)90-69-75(96-79(84)65-60-55-50-45-41-37-33-30-29-31-34-38-42-46-51-56-61-72(4)5)71-94-98(87,88)92-67-73(80)66-91-97(85,86)93-70-74(68-89-76(81)62-57-52-47-20-17-14-11-8-3)95-78(83)64-59-54-49-44-40-35-26-24-22-19-16-13-10-7-2/h72-75,80H,6-71H2,1-5H3,(H,85,86)(H,87,88)/t73-,74+,75+/m0/s1.